The molecule has 0 bridgehead atoms. The molecule has 4 aliphatic heterocycles. The van der Waals surface area contributed by atoms with Crippen molar-refractivity contribution in [3.8, 4) is 0 Å². The first kappa shape index (κ1) is 23.0. The van der Waals surface area contributed by atoms with Crippen molar-refractivity contribution in [1.82, 2.24) is 9.80 Å². The molecule has 2 fully saturated rings. The molecule has 1 spiro atoms. The molecule has 8 nitrogen and oxygen atoms in total. The summed E-state index contributed by atoms with van der Waals surface area (Å²) in [4.78, 5) is 44.0. The standard InChI is InChI=1S/C24H34N2O6/c1-3-9-16(2)25-13-8-11-24-19(18-17(32-24)10-4-7-15-31-23(18)30)21(28)26(12-5-6-14-27)20(24)22(25)29/h4,8,10-11,16-20,27H,3,5-7,9,12-15H2,1-2H3/t16?,17-,18+,19+,20?,24+/m1/s1. The molecule has 0 aromatic carbocycles. The number of ether oxygens (including phenoxy) is 2. The maximum absolute atomic E-state index is 13.9. The van der Waals surface area contributed by atoms with Crippen molar-refractivity contribution in [2.75, 3.05) is 26.3 Å². The van der Waals surface area contributed by atoms with Gasteiger partial charge in [0, 0.05) is 25.7 Å². The third-order valence-electron chi connectivity index (χ3n) is 7.20. The van der Waals surface area contributed by atoms with Gasteiger partial charge in [-0.25, -0.2) is 0 Å². The van der Waals surface area contributed by atoms with Crippen molar-refractivity contribution < 1.29 is 29.0 Å². The number of carbonyl (C=O) groups excluding carboxylic acids is 3. The van der Waals surface area contributed by atoms with E-state index in [0.717, 1.165) is 12.8 Å². The molecule has 0 radical (unpaired) electrons. The summed E-state index contributed by atoms with van der Waals surface area (Å²) in [5, 5.41) is 9.23. The number of cyclic esters (lactones) is 1. The summed E-state index contributed by atoms with van der Waals surface area (Å²) in [7, 11) is 0. The van der Waals surface area contributed by atoms with Crippen molar-refractivity contribution in [3.63, 3.8) is 0 Å². The number of unbranched alkanes of at least 4 members (excludes halogenated alkanes) is 1. The van der Waals surface area contributed by atoms with Gasteiger partial charge in [-0.05, 0) is 32.6 Å². The Labute approximate surface area is 189 Å². The van der Waals surface area contributed by atoms with E-state index >= 15 is 0 Å². The van der Waals surface area contributed by atoms with Crippen LogP contribution in [0.1, 0.15) is 46.0 Å². The highest BCUT2D eigenvalue weighted by molar-refractivity contribution is 5.99. The molecule has 4 aliphatic rings. The number of rotatable bonds is 7. The van der Waals surface area contributed by atoms with Gasteiger partial charge < -0.3 is 24.4 Å². The van der Waals surface area contributed by atoms with Gasteiger partial charge in [0.1, 0.15) is 17.6 Å². The molecule has 2 saturated heterocycles. The Morgan fingerprint density at radius 2 is 2.03 bits per heavy atom. The van der Waals surface area contributed by atoms with Crippen LogP contribution in [-0.4, -0.2) is 82.8 Å². The Morgan fingerprint density at radius 1 is 1.22 bits per heavy atom. The summed E-state index contributed by atoms with van der Waals surface area (Å²) < 4.78 is 11.9. The van der Waals surface area contributed by atoms with E-state index in [1.807, 2.05) is 36.1 Å². The molecule has 6 atom stereocenters. The fourth-order valence-corrected chi connectivity index (χ4v) is 5.73. The van der Waals surface area contributed by atoms with Crippen LogP contribution < -0.4 is 0 Å². The number of aliphatic hydroxyl groups is 1. The molecule has 0 aromatic heterocycles. The highest BCUT2D eigenvalue weighted by atomic mass is 16.6. The summed E-state index contributed by atoms with van der Waals surface area (Å²) in [6.45, 7) is 5.19. The number of likely N-dealkylation sites (tertiary alicyclic amines) is 1. The first-order valence-electron chi connectivity index (χ1n) is 11.9. The number of amides is 2. The number of carbonyl (C=O) groups is 3. The molecule has 4 heterocycles. The van der Waals surface area contributed by atoms with Gasteiger partial charge in [0.2, 0.25) is 11.8 Å². The molecule has 2 amide bonds. The molecule has 2 unspecified atom stereocenters. The van der Waals surface area contributed by atoms with Crippen LogP contribution in [0.5, 0.6) is 0 Å². The molecular formula is C24H34N2O6. The molecule has 8 heteroatoms. The lowest BCUT2D eigenvalue weighted by Crippen LogP contribution is -2.56. The molecular weight excluding hydrogens is 412 g/mol. The lowest BCUT2D eigenvalue weighted by molar-refractivity contribution is -0.155. The molecule has 0 aliphatic carbocycles. The molecule has 176 valence electrons. The smallest absolute Gasteiger partial charge is 0.312 e. The van der Waals surface area contributed by atoms with Gasteiger partial charge in [-0.15, -0.1) is 0 Å². The minimum Gasteiger partial charge on any atom is -0.465 e. The number of hydrogen-bond donors (Lipinski definition) is 1. The Hall–Kier alpha value is -2.19. The van der Waals surface area contributed by atoms with Crippen LogP contribution in [0.15, 0.2) is 24.3 Å². The van der Waals surface area contributed by atoms with Gasteiger partial charge in [-0.2, -0.15) is 0 Å². The average molecular weight is 447 g/mol. The van der Waals surface area contributed by atoms with Gasteiger partial charge >= 0.3 is 5.97 Å². The zero-order chi connectivity index (χ0) is 22.9. The predicted octanol–water partition coefficient (Wildman–Crippen LogP) is 1.43. The first-order chi connectivity index (χ1) is 15.5. The zero-order valence-electron chi connectivity index (χ0n) is 18.9. The molecule has 0 saturated carbocycles. The fourth-order valence-electron chi connectivity index (χ4n) is 5.73. The van der Waals surface area contributed by atoms with E-state index in [1.54, 1.807) is 4.90 Å². The highest BCUT2D eigenvalue weighted by Crippen LogP contribution is 2.53. The largest absolute Gasteiger partial charge is 0.465 e. The number of hydrogen-bond acceptors (Lipinski definition) is 6. The average Bonchev–Trinajstić information content (AvgIpc) is 3.12. The van der Waals surface area contributed by atoms with E-state index in [-0.39, 0.29) is 31.1 Å². The third kappa shape index (κ3) is 3.67. The second kappa shape index (κ2) is 9.35. The lowest BCUT2D eigenvalue weighted by Gasteiger charge is -2.37. The van der Waals surface area contributed by atoms with Crippen LogP contribution in [0, 0.1) is 11.8 Å². The summed E-state index contributed by atoms with van der Waals surface area (Å²) in [5.41, 5.74) is -1.20. The maximum atomic E-state index is 13.9. The number of aliphatic hydroxyl groups excluding tert-OH is 1. The highest BCUT2D eigenvalue weighted by Gasteiger charge is 2.71. The van der Waals surface area contributed by atoms with Crippen LogP contribution in [0.4, 0.5) is 0 Å². The van der Waals surface area contributed by atoms with Crippen molar-refractivity contribution >= 4 is 17.8 Å². The number of esters is 1. The topological polar surface area (TPSA) is 96.4 Å². The molecule has 32 heavy (non-hydrogen) atoms. The van der Waals surface area contributed by atoms with Crippen LogP contribution in [0.3, 0.4) is 0 Å². The van der Waals surface area contributed by atoms with E-state index in [1.165, 1.54) is 0 Å². The minimum atomic E-state index is -1.20. The molecule has 0 aromatic rings. The molecule has 1 N–H and O–H groups in total. The fraction of sp³-hybridized carbons (Fsp3) is 0.708. The van der Waals surface area contributed by atoms with Gasteiger partial charge in [0.15, 0.2) is 0 Å². The van der Waals surface area contributed by atoms with Crippen molar-refractivity contribution in [1.29, 1.82) is 0 Å². The number of nitrogens with zero attached hydrogens (tertiary/aromatic N) is 2. The van der Waals surface area contributed by atoms with E-state index < -0.39 is 35.6 Å². The second-order valence-corrected chi connectivity index (χ2v) is 9.22. The monoisotopic (exact) mass is 446 g/mol. The van der Waals surface area contributed by atoms with Crippen LogP contribution in [0.25, 0.3) is 0 Å². The Kier molecular flexibility index (Phi) is 6.72. The van der Waals surface area contributed by atoms with Gasteiger partial charge in [0.25, 0.3) is 0 Å². The van der Waals surface area contributed by atoms with Gasteiger partial charge in [-0.1, -0.05) is 37.6 Å². The van der Waals surface area contributed by atoms with E-state index in [9.17, 15) is 19.5 Å². The third-order valence-corrected chi connectivity index (χ3v) is 7.20. The van der Waals surface area contributed by atoms with Gasteiger partial charge in [0.05, 0.1) is 18.6 Å². The van der Waals surface area contributed by atoms with E-state index in [0.29, 0.717) is 32.4 Å². The number of fused-ring (bicyclic) bond motifs is 2. The lowest BCUT2D eigenvalue weighted by atomic mass is 9.77. The maximum Gasteiger partial charge on any atom is 0.312 e. The SMILES string of the molecule is CCCC(C)N1CC=C[C@]23O[C@@H]4C=CCCOC(=O)[C@@H]4[C@H]2C(=O)N(CCCCO)C3C1=O. The minimum absolute atomic E-state index is 0.0209. The van der Waals surface area contributed by atoms with Crippen LogP contribution >= 0.6 is 0 Å². The quantitative estimate of drug-likeness (QED) is 0.361. The van der Waals surface area contributed by atoms with Crippen LogP contribution in [0.2, 0.25) is 0 Å². The Bertz CT molecular complexity index is 810. The van der Waals surface area contributed by atoms with E-state index in [2.05, 4.69) is 6.92 Å². The first-order valence-corrected chi connectivity index (χ1v) is 11.9. The Balaban J connectivity index is 1.76. The summed E-state index contributed by atoms with van der Waals surface area (Å²) in [5.74, 6) is -2.39. The van der Waals surface area contributed by atoms with Crippen LogP contribution in [-0.2, 0) is 23.9 Å². The normalized spacial score (nSPS) is 35.0. The Morgan fingerprint density at radius 3 is 2.78 bits per heavy atom. The van der Waals surface area contributed by atoms with Crippen molar-refractivity contribution in [2.45, 2.75) is 69.7 Å². The van der Waals surface area contributed by atoms with Crippen molar-refractivity contribution in [2.24, 2.45) is 11.8 Å². The molecule has 4 rings (SSSR count). The van der Waals surface area contributed by atoms with Gasteiger partial charge in [-0.3, -0.25) is 14.4 Å². The zero-order valence-corrected chi connectivity index (χ0v) is 18.9. The predicted molar refractivity (Wildman–Crippen MR) is 116 cm³/mol. The van der Waals surface area contributed by atoms with Crippen molar-refractivity contribution in [3.05, 3.63) is 24.3 Å². The second-order valence-electron chi connectivity index (χ2n) is 9.22. The summed E-state index contributed by atoms with van der Waals surface area (Å²) in [6.07, 6.45) is 10.4. The summed E-state index contributed by atoms with van der Waals surface area (Å²) >= 11 is 0. The summed E-state index contributed by atoms with van der Waals surface area (Å²) in [6, 6.07) is -0.799. The van der Waals surface area contributed by atoms with E-state index in [4.69, 9.17) is 9.47 Å².